The topological polar surface area (TPSA) is 87.3 Å². The Hall–Kier alpha value is -2.38. The first-order valence-corrected chi connectivity index (χ1v) is 10.7. The van der Waals surface area contributed by atoms with E-state index >= 15 is 0 Å². The molecule has 2 aromatic carbocycles. The number of sulfonamides is 1. The molecular formula is C20H25N3O3S. The van der Waals surface area contributed by atoms with Gasteiger partial charge in [-0.1, -0.05) is 48.5 Å². The van der Waals surface area contributed by atoms with Gasteiger partial charge in [-0.15, -0.1) is 0 Å². The van der Waals surface area contributed by atoms with Gasteiger partial charge in [-0.3, -0.25) is 0 Å². The molecule has 144 valence electrons. The fourth-order valence-electron chi connectivity index (χ4n) is 3.44. The molecule has 3 N–H and O–H groups in total. The van der Waals surface area contributed by atoms with Crippen molar-refractivity contribution in [1.82, 2.24) is 15.4 Å². The van der Waals surface area contributed by atoms with Crippen molar-refractivity contribution in [1.29, 1.82) is 0 Å². The predicted molar refractivity (Wildman–Crippen MR) is 106 cm³/mol. The second-order valence-corrected chi connectivity index (χ2v) is 8.63. The van der Waals surface area contributed by atoms with Crippen molar-refractivity contribution < 1.29 is 13.2 Å². The number of hydrogen-bond donors (Lipinski definition) is 3. The van der Waals surface area contributed by atoms with Crippen molar-refractivity contribution in [3.8, 4) is 0 Å². The Morgan fingerprint density at radius 3 is 2.56 bits per heavy atom. The number of aryl methyl sites for hydroxylation is 1. The number of rotatable bonds is 6. The molecule has 27 heavy (non-hydrogen) atoms. The molecule has 0 unspecified atom stereocenters. The van der Waals surface area contributed by atoms with Crippen LogP contribution in [0.2, 0.25) is 0 Å². The lowest BCUT2D eigenvalue weighted by atomic mass is 9.88. The monoisotopic (exact) mass is 387 g/mol. The van der Waals surface area contributed by atoms with Crippen LogP contribution in [0.1, 0.15) is 41.1 Å². The largest absolute Gasteiger partial charge is 0.334 e. The van der Waals surface area contributed by atoms with E-state index in [0.717, 1.165) is 24.8 Å². The van der Waals surface area contributed by atoms with E-state index in [2.05, 4.69) is 27.5 Å². The molecule has 2 aromatic rings. The minimum absolute atomic E-state index is 0.00913. The highest BCUT2D eigenvalue weighted by molar-refractivity contribution is 7.88. The molecule has 1 aliphatic carbocycles. The standard InChI is InChI=1S/C20H25N3O3S/c1-21-27(25,26)14-17-9-3-2-8-16(17)13-22-20(24)23-19-12-6-10-15-7-4-5-11-18(15)19/h2-5,7-9,11,19,21H,6,10,12-14H2,1H3,(H2,22,23,24)/t19-/m0/s1. The fraction of sp³-hybridized carbons (Fsp3) is 0.350. The highest BCUT2D eigenvalue weighted by Gasteiger charge is 2.21. The Morgan fingerprint density at radius 1 is 1.07 bits per heavy atom. The van der Waals surface area contributed by atoms with Crippen molar-refractivity contribution in [2.24, 2.45) is 0 Å². The van der Waals surface area contributed by atoms with E-state index in [-0.39, 0.29) is 24.4 Å². The maximum atomic E-state index is 12.4. The van der Waals surface area contributed by atoms with E-state index in [9.17, 15) is 13.2 Å². The van der Waals surface area contributed by atoms with Crippen LogP contribution < -0.4 is 15.4 Å². The number of benzene rings is 2. The molecule has 0 radical (unpaired) electrons. The van der Waals surface area contributed by atoms with Crippen molar-refractivity contribution in [2.75, 3.05) is 7.05 Å². The van der Waals surface area contributed by atoms with Crippen LogP contribution in [0.4, 0.5) is 4.79 Å². The fourth-order valence-corrected chi connectivity index (χ4v) is 4.27. The molecule has 1 atom stereocenters. The average Bonchev–Trinajstić information content (AvgIpc) is 2.67. The third-order valence-electron chi connectivity index (χ3n) is 4.89. The quantitative estimate of drug-likeness (QED) is 0.712. The van der Waals surface area contributed by atoms with E-state index < -0.39 is 10.0 Å². The van der Waals surface area contributed by atoms with Crippen molar-refractivity contribution in [3.63, 3.8) is 0 Å². The molecule has 0 saturated heterocycles. The summed E-state index contributed by atoms with van der Waals surface area (Å²) in [6.45, 7) is 0.273. The summed E-state index contributed by atoms with van der Waals surface area (Å²) >= 11 is 0. The van der Waals surface area contributed by atoms with Gasteiger partial charge in [0.2, 0.25) is 10.0 Å². The summed E-state index contributed by atoms with van der Waals surface area (Å²) in [5.74, 6) is -0.112. The first kappa shape index (κ1) is 19.4. The van der Waals surface area contributed by atoms with E-state index in [1.54, 1.807) is 12.1 Å². The number of carbonyl (C=O) groups excluding carboxylic acids is 1. The number of nitrogens with one attached hydrogen (secondary N) is 3. The summed E-state index contributed by atoms with van der Waals surface area (Å²) in [6.07, 6.45) is 3.01. The number of urea groups is 1. The molecule has 0 aliphatic heterocycles. The van der Waals surface area contributed by atoms with Gasteiger partial charge >= 0.3 is 6.03 Å². The zero-order valence-corrected chi connectivity index (χ0v) is 16.2. The first-order chi connectivity index (χ1) is 13.0. The zero-order valence-electron chi connectivity index (χ0n) is 15.4. The van der Waals surface area contributed by atoms with Crippen LogP contribution in [-0.2, 0) is 28.7 Å². The SMILES string of the molecule is CNS(=O)(=O)Cc1ccccc1CNC(=O)N[C@H]1CCCc2ccccc21. The predicted octanol–water partition coefficient (Wildman–Crippen LogP) is 2.61. The molecule has 6 nitrogen and oxygen atoms in total. The van der Waals surface area contributed by atoms with Gasteiger partial charge in [-0.25, -0.2) is 17.9 Å². The van der Waals surface area contributed by atoms with E-state index in [1.807, 2.05) is 24.3 Å². The number of carbonyl (C=O) groups is 1. The lowest BCUT2D eigenvalue weighted by Gasteiger charge is -2.26. The Labute approximate surface area is 160 Å². The number of amides is 2. The molecule has 0 aromatic heterocycles. The van der Waals surface area contributed by atoms with Gasteiger partial charge < -0.3 is 10.6 Å². The third-order valence-corrected chi connectivity index (χ3v) is 6.20. The summed E-state index contributed by atoms with van der Waals surface area (Å²) in [4.78, 5) is 12.4. The molecule has 0 saturated carbocycles. The summed E-state index contributed by atoms with van der Waals surface area (Å²) in [7, 11) is -1.97. The normalized spacial score (nSPS) is 16.4. The van der Waals surface area contributed by atoms with Gasteiger partial charge in [0.05, 0.1) is 11.8 Å². The molecule has 0 heterocycles. The van der Waals surface area contributed by atoms with Gasteiger partial charge in [0, 0.05) is 6.54 Å². The van der Waals surface area contributed by atoms with Gasteiger partial charge in [0.25, 0.3) is 0 Å². The summed E-state index contributed by atoms with van der Waals surface area (Å²) < 4.78 is 26.0. The molecule has 3 rings (SSSR count). The van der Waals surface area contributed by atoms with Crippen LogP contribution in [0.3, 0.4) is 0 Å². The second-order valence-electron chi connectivity index (χ2n) is 6.70. The van der Waals surface area contributed by atoms with E-state index in [4.69, 9.17) is 0 Å². The Balaban J connectivity index is 1.62. The van der Waals surface area contributed by atoms with Crippen molar-refractivity contribution in [3.05, 3.63) is 70.8 Å². The van der Waals surface area contributed by atoms with Gasteiger partial charge in [0.1, 0.15) is 0 Å². The van der Waals surface area contributed by atoms with Crippen LogP contribution in [-0.4, -0.2) is 21.5 Å². The molecule has 2 amide bonds. The lowest BCUT2D eigenvalue weighted by molar-refractivity contribution is 0.235. The average molecular weight is 388 g/mol. The van der Waals surface area contributed by atoms with Gasteiger partial charge in [0.15, 0.2) is 0 Å². The van der Waals surface area contributed by atoms with Crippen LogP contribution >= 0.6 is 0 Å². The zero-order chi connectivity index (χ0) is 19.3. The molecular weight excluding hydrogens is 362 g/mol. The van der Waals surface area contributed by atoms with E-state index in [0.29, 0.717) is 5.56 Å². The van der Waals surface area contributed by atoms with Gasteiger partial charge in [-0.05, 0) is 48.6 Å². The highest BCUT2D eigenvalue weighted by atomic mass is 32.2. The smallest absolute Gasteiger partial charge is 0.315 e. The summed E-state index contributed by atoms with van der Waals surface area (Å²) in [5, 5.41) is 5.90. The van der Waals surface area contributed by atoms with Crippen LogP contribution in [0, 0.1) is 0 Å². The molecule has 0 bridgehead atoms. The highest BCUT2D eigenvalue weighted by Crippen LogP contribution is 2.29. The first-order valence-electron chi connectivity index (χ1n) is 9.08. The molecule has 7 heteroatoms. The molecule has 0 spiro atoms. The minimum Gasteiger partial charge on any atom is -0.334 e. The van der Waals surface area contributed by atoms with E-state index in [1.165, 1.54) is 18.2 Å². The second kappa shape index (κ2) is 8.54. The molecule has 0 fully saturated rings. The number of fused-ring (bicyclic) bond motifs is 1. The summed E-state index contributed by atoms with van der Waals surface area (Å²) in [6, 6.07) is 15.2. The third kappa shape index (κ3) is 5.08. The lowest BCUT2D eigenvalue weighted by Crippen LogP contribution is -2.39. The summed E-state index contributed by atoms with van der Waals surface area (Å²) in [5.41, 5.74) is 3.93. The van der Waals surface area contributed by atoms with Crippen LogP contribution in [0.15, 0.2) is 48.5 Å². The van der Waals surface area contributed by atoms with Gasteiger partial charge in [-0.2, -0.15) is 0 Å². The maximum Gasteiger partial charge on any atom is 0.315 e. The number of hydrogen-bond acceptors (Lipinski definition) is 3. The molecule has 1 aliphatic rings. The van der Waals surface area contributed by atoms with Crippen molar-refractivity contribution >= 4 is 16.1 Å². The maximum absolute atomic E-state index is 12.4. The van der Waals surface area contributed by atoms with Crippen molar-refractivity contribution in [2.45, 2.75) is 37.6 Å². The van der Waals surface area contributed by atoms with Crippen LogP contribution in [0.5, 0.6) is 0 Å². The Morgan fingerprint density at radius 2 is 1.78 bits per heavy atom. The Bertz CT molecular complexity index is 912. The minimum atomic E-state index is -3.37. The Kier molecular flexibility index (Phi) is 6.13. The van der Waals surface area contributed by atoms with Crippen LogP contribution in [0.25, 0.3) is 0 Å².